The second-order valence-corrected chi connectivity index (χ2v) is 9.65. The van der Waals surface area contributed by atoms with E-state index in [1.165, 1.54) is 64.2 Å². The largest absolute Gasteiger partial charge is 0.473 e. The smallest absolute Gasteiger partial charge is 0.462 e. The van der Waals surface area contributed by atoms with Crippen molar-refractivity contribution in [3.63, 3.8) is 0 Å². The average Bonchev–Trinajstić information content (AvgIpc) is 2.87. The third-order valence-corrected chi connectivity index (χ3v) is 5.71. The van der Waals surface area contributed by atoms with E-state index < -0.39 is 48.6 Å². The van der Waals surface area contributed by atoms with Crippen LogP contribution in [0.3, 0.4) is 0 Å². The van der Waals surface area contributed by atoms with Crippen molar-refractivity contribution < 1.29 is 71.7 Å². The lowest BCUT2D eigenvalue weighted by Gasteiger charge is -2.36. The van der Waals surface area contributed by atoms with Gasteiger partial charge in [0.1, 0.15) is 0 Å². The summed E-state index contributed by atoms with van der Waals surface area (Å²) >= 11 is 0. The molecule has 0 saturated carbocycles. The van der Waals surface area contributed by atoms with Gasteiger partial charge in [0.2, 0.25) is 0 Å². The third-order valence-electron chi connectivity index (χ3n) is 5.71. The Morgan fingerprint density at radius 3 is 1.53 bits per heavy atom. The molecule has 0 aromatic heterocycles. The summed E-state index contributed by atoms with van der Waals surface area (Å²) in [4.78, 5) is 21.5. The van der Waals surface area contributed by atoms with Gasteiger partial charge in [0.15, 0.2) is 6.17 Å². The molecule has 0 N–H and O–H groups in total. The molecule has 0 heterocycles. The second kappa shape index (κ2) is 19.1. The van der Waals surface area contributed by atoms with Gasteiger partial charge in [0.05, 0.1) is 13.0 Å². The highest BCUT2D eigenvalue weighted by molar-refractivity contribution is 5.86. The number of carbonyl (C=O) groups is 2. The van der Waals surface area contributed by atoms with Crippen molar-refractivity contribution in [1.29, 1.82) is 0 Å². The maximum absolute atomic E-state index is 13.1. The molecule has 0 saturated heterocycles. The zero-order chi connectivity index (χ0) is 34.1. The van der Waals surface area contributed by atoms with E-state index in [0.29, 0.717) is 12.2 Å². The molecule has 0 aliphatic heterocycles. The molecule has 0 aromatic rings. The van der Waals surface area contributed by atoms with Crippen molar-refractivity contribution in [1.82, 2.24) is 0 Å². The van der Waals surface area contributed by atoms with Crippen molar-refractivity contribution in [2.45, 2.75) is 127 Å². The minimum absolute atomic E-state index is 0.220. The molecular formula is C27H38F12O4. The third kappa shape index (κ3) is 15.2. The summed E-state index contributed by atoms with van der Waals surface area (Å²) in [6, 6.07) is 0. The first-order valence-electron chi connectivity index (χ1n) is 13.4. The molecule has 1 atom stereocenters. The standard InChI is InChI=1S/C17H32O2.C10H6F12O2/c1-4-5-6-7-8-9-10-11-12-13-14-15-19-17(18)16(2)3;1-2-5(23)24-10(21,22)9(19,20)8(17,18)7(15,16)4(11)3-6(12,13)14/h2,4-15H2,1,3H3;2,4H,1,3H2. The van der Waals surface area contributed by atoms with E-state index in [1.54, 1.807) is 6.92 Å². The summed E-state index contributed by atoms with van der Waals surface area (Å²) in [5, 5.41) is 0. The number of unbranched alkanes of at least 4 members (excludes halogenated alkanes) is 10. The lowest BCUT2D eigenvalue weighted by molar-refractivity contribution is -0.422. The van der Waals surface area contributed by atoms with E-state index in [0.717, 1.165) is 6.42 Å². The molecule has 0 aromatic carbocycles. The summed E-state index contributed by atoms with van der Waals surface area (Å²) in [7, 11) is 0. The Bertz CT molecular complexity index is 857. The summed E-state index contributed by atoms with van der Waals surface area (Å²) < 4.78 is 159. The van der Waals surface area contributed by atoms with Crippen molar-refractivity contribution in [3.05, 3.63) is 24.8 Å². The van der Waals surface area contributed by atoms with Crippen LogP contribution in [-0.4, -0.2) is 54.8 Å². The van der Waals surface area contributed by atoms with Crippen LogP contribution in [0.2, 0.25) is 0 Å². The molecule has 0 radical (unpaired) electrons. The molecule has 254 valence electrons. The van der Waals surface area contributed by atoms with Gasteiger partial charge in [-0.25, -0.2) is 14.0 Å². The van der Waals surface area contributed by atoms with Gasteiger partial charge in [-0.2, -0.15) is 48.3 Å². The highest BCUT2D eigenvalue weighted by Gasteiger charge is 2.84. The number of ether oxygens (including phenoxy) is 2. The zero-order valence-electron chi connectivity index (χ0n) is 23.9. The summed E-state index contributed by atoms with van der Waals surface area (Å²) in [5.74, 6) is -24.2. The van der Waals surface area contributed by atoms with Crippen LogP contribution in [0.5, 0.6) is 0 Å². The van der Waals surface area contributed by atoms with Gasteiger partial charge in [-0.3, -0.25) is 0 Å². The minimum Gasteiger partial charge on any atom is -0.462 e. The van der Waals surface area contributed by atoms with Crippen LogP contribution in [-0.2, 0) is 19.1 Å². The van der Waals surface area contributed by atoms with E-state index in [1.807, 2.05) is 0 Å². The maximum Gasteiger partial charge on any atom is 0.473 e. The van der Waals surface area contributed by atoms with Gasteiger partial charge < -0.3 is 9.47 Å². The van der Waals surface area contributed by atoms with Crippen molar-refractivity contribution >= 4 is 11.9 Å². The Morgan fingerprint density at radius 2 is 1.16 bits per heavy atom. The molecule has 16 heteroatoms. The number of hydrogen-bond donors (Lipinski definition) is 0. The molecule has 43 heavy (non-hydrogen) atoms. The van der Waals surface area contributed by atoms with Crippen LogP contribution in [0.15, 0.2) is 24.8 Å². The zero-order valence-corrected chi connectivity index (χ0v) is 23.9. The Balaban J connectivity index is 0. The number of esters is 2. The van der Waals surface area contributed by atoms with Gasteiger partial charge >= 0.3 is 42.0 Å². The number of hydrogen-bond acceptors (Lipinski definition) is 4. The summed E-state index contributed by atoms with van der Waals surface area (Å²) in [6.07, 6.45) is -6.54. The Kier molecular flexibility index (Phi) is 18.9. The topological polar surface area (TPSA) is 52.6 Å². The monoisotopic (exact) mass is 654 g/mol. The van der Waals surface area contributed by atoms with E-state index >= 15 is 0 Å². The first-order chi connectivity index (χ1) is 19.5. The van der Waals surface area contributed by atoms with Crippen molar-refractivity contribution in [3.8, 4) is 0 Å². The molecule has 0 fully saturated rings. The Morgan fingerprint density at radius 1 is 0.744 bits per heavy atom. The molecule has 0 bridgehead atoms. The van der Waals surface area contributed by atoms with Gasteiger partial charge in [0.25, 0.3) is 0 Å². The fourth-order valence-electron chi connectivity index (χ4n) is 3.21. The van der Waals surface area contributed by atoms with Gasteiger partial charge in [-0.15, -0.1) is 0 Å². The lowest BCUT2D eigenvalue weighted by Crippen LogP contribution is -2.65. The first kappa shape index (κ1) is 42.7. The predicted molar refractivity (Wildman–Crippen MR) is 134 cm³/mol. The SMILES string of the molecule is C=C(C)C(=O)OCCCCCCCCCCCCC.C=CC(=O)OC(F)(F)C(F)(F)C(F)(F)C(F)(F)C(F)CC(F)(F)F. The molecule has 0 spiro atoms. The van der Waals surface area contributed by atoms with E-state index in [2.05, 4.69) is 24.8 Å². The quantitative estimate of drug-likeness (QED) is 0.0568. The molecule has 4 nitrogen and oxygen atoms in total. The van der Waals surface area contributed by atoms with Crippen molar-refractivity contribution in [2.24, 2.45) is 0 Å². The second-order valence-electron chi connectivity index (χ2n) is 9.65. The van der Waals surface area contributed by atoms with E-state index in [-0.39, 0.29) is 12.0 Å². The van der Waals surface area contributed by atoms with Crippen molar-refractivity contribution in [2.75, 3.05) is 6.61 Å². The first-order valence-corrected chi connectivity index (χ1v) is 13.4. The van der Waals surface area contributed by atoms with Gasteiger partial charge in [-0.1, -0.05) is 84.3 Å². The fraction of sp³-hybridized carbons (Fsp3) is 0.778. The van der Waals surface area contributed by atoms with Gasteiger partial charge in [0, 0.05) is 11.6 Å². The van der Waals surface area contributed by atoms with Crippen LogP contribution in [0.1, 0.15) is 90.9 Å². The fourth-order valence-corrected chi connectivity index (χ4v) is 3.21. The minimum atomic E-state index is -7.35. The number of halogens is 12. The maximum atomic E-state index is 13.1. The molecule has 0 aliphatic carbocycles. The van der Waals surface area contributed by atoms with Gasteiger partial charge in [-0.05, 0) is 13.3 Å². The Labute approximate surface area is 242 Å². The van der Waals surface area contributed by atoms with Crippen LogP contribution in [0.25, 0.3) is 0 Å². The highest BCUT2D eigenvalue weighted by atomic mass is 19.4. The number of alkyl halides is 12. The van der Waals surface area contributed by atoms with E-state index in [9.17, 15) is 62.3 Å². The molecule has 0 aliphatic rings. The van der Waals surface area contributed by atoms with Crippen LogP contribution in [0, 0.1) is 0 Å². The molecular weight excluding hydrogens is 616 g/mol. The Hall–Kier alpha value is -2.42. The lowest BCUT2D eigenvalue weighted by atomic mass is 9.97. The average molecular weight is 655 g/mol. The number of rotatable bonds is 20. The predicted octanol–water partition coefficient (Wildman–Crippen LogP) is 9.92. The van der Waals surface area contributed by atoms with Crippen LogP contribution < -0.4 is 0 Å². The summed E-state index contributed by atoms with van der Waals surface area (Å²) in [5.41, 5.74) is 0.489. The molecule has 1 unspecified atom stereocenters. The highest BCUT2D eigenvalue weighted by Crippen LogP contribution is 2.55. The molecule has 0 rings (SSSR count). The normalized spacial score (nSPS) is 13.4. The summed E-state index contributed by atoms with van der Waals surface area (Å²) in [6.45, 7) is 10.5. The van der Waals surface area contributed by atoms with E-state index in [4.69, 9.17) is 4.74 Å². The van der Waals surface area contributed by atoms with Crippen LogP contribution in [0.4, 0.5) is 52.7 Å². The van der Waals surface area contributed by atoms with Crippen LogP contribution >= 0.6 is 0 Å². The molecule has 0 amide bonds. The number of carbonyl (C=O) groups excluding carboxylic acids is 2.